The molecule has 0 saturated carbocycles. The van der Waals surface area contributed by atoms with Crippen molar-refractivity contribution in [3.8, 4) is 12.3 Å². The first kappa shape index (κ1) is 16.7. The number of terminal acetylenes is 1. The summed E-state index contributed by atoms with van der Waals surface area (Å²) in [7, 11) is 1.70. The summed E-state index contributed by atoms with van der Waals surface area (Å²) < 4.78 is 0. The number of amides is 1. The van der Waals surface area contributed by atoms with Crippen molar-refractivity contribution in [3.63, 3.8) is 0 Å². The molecule has 0 aliphatic heterocycles. The van der Waals surface area contributed by atoms with Crippen LogP contribution in [0.25, 0.3) is 0 Å². The molecule has 0 atom stereocenters. The molecule has 21 heavy (non-hydrogen) atoms. The van der Waals surface area contributed by atoms with Gasteiger partial charge in [0.05, 0.1) is 19.6 Å². The standard InChI is InChI=1S/C16H20N2O3/c1-4-9-18(12-16(20)21)11-15(19)17(3)10-14-8-6-5-7-13(14)2/h1,5-8H,9-12H2,2-3H3,(H,20,21). The maximum absolute atomic E-state index is 12.1. The third-order valence-electron chi connectivity index (χ3n) is 3.13. The second-order valence-corrected chi connectivity index (χ2v) is 4.92. The predicted molar refractivity (Wildman–Crippen MR) is 80.6 cm³/mol. The Morgan fingerprint density at radius 3 is 2.52 bits per heavy atom. The molecular formula is C16H20N2O3. The van der Waals surface area contributed by atoms with Gasteiger partial charge in [-0.15, -0.1) is 6.42 Å². The van der Waals surface area contributed by atoms with Gasteiger partial charge in [0, 0.05) is 13.6 Å². The van der Waals surface area contributed by atoms with Crippen LogP contribution in [0.15, 0.2) is 24.3 Å². The van der Waals surface area contributed by atoms with Crippen LogP contribution in [-0.2, 0) is 16.1 Å². The molecule has 5 heteroatoms. The molecule has 112 valence electrons. The zero-order valence-electron chi connectivity index (χ0n) is 12.4. The molecule has 0 spiro atoms. The van der Waals surface area contributed by atoms with E-state index in [1.165, 1.54) is 4.90 Å². The number of carboxylic acid groups (broad SMARTS) is 1. The first-order valence-electron chi connectivity index (χ1n) is 6.60. The Labute approximate surface area is 125 Å². The Morgan fingerprint density at radius 1 is 1.29 bits per heavy atom. The van der Waals surface area contributed by atoms with E-state index in [0.717, 1.165) is 11.1 Å². The quantitative estimate of drug-likeness (QED) is 0.760. The van der Waals surface area contributed by atoms with E-state index in [1.54, 1.807) is 11.9 Å². The van der Waals surface area contributed by atoms with Gasteiger partial charge < -0.3 is 10.0 Å². The van der Waals surface area contributed by atoms with Crippen molar-refractivity contribution in [2.75, 3.05) is 26.7 Å². The number of hydrogen-bond donors (Lipinski definition) is 1. The van der Waals surface area contributed by atoms with Crippen LogP contribution in [0.2, 0.25) is 0 Å². The summed E-state index contributed by atoms with van der Waals surface area (Å²) in [6.07, 6.45) is 5.19. The van der Waals surface area contributed by atoms with Gasteiger partial charge in [0.1, 0.15) is 0 Å². The van der Waals surface area contributed by atoms with Gasteiger partial charge in [0.25, 0.3) is 0 Å². The second kappa shape index (κ2) is 8.08. The fraction of sp³-hybridized carbons (Fsp3) is 0.375. The van der Waals surface area contributed by atoms with E-state index in [-0.39, 0.29) is 25.5 Å². The minimum Gasteiger partial charge on any atom is -0.480 e. The number of carboxylic acids is 1. The Morgan fingerprint density at radius 2 is 1.95 bits per heavy atom. The normalized spacial score (nSPS) is 10.2. The highest BCUT2D eigenvalue weighted by atomic mass is 16.4. The summed E-state index contributed by atoms with van der Waals surface area (Å²) in [5.74, 6) is 1.21. The Bertz CT molecular complexity index is 549. The molecule has 0 radical (unpaired) electrons. The molecule has 0 fully saturated rings. The van der Waals surface area contributed by atoms with E-state index in [1.807, 2.05) is 31.2 Å². The zero-order valence-corrected chi connectivity index (χ0v) is 12.4. The van der Waals surface area contributed by atoms with Crippen LogP contribution < -0.4 is 0 Å². The number of rotatable bonds is 7. The zero-order chi connectivity index (χ0) is 15.8. The van der Waals surface area contributed by atoms with Gasteiger partial charge in [-0.1, -0.05) is 30.2 Å². The molecule has 1 N–H and O–H groups in total. The largest absolute Gasteiger partial charge is 0.480 e. The molecule has 1 rings (SSSR count). The number of aryl methyl sites for hydroxylation is 1. The number of carbonyl (C=O) groups excluding carboxylic acids is 1. The molecular weight excluding hydrogens is 268 g/mol. The predicted octanol–water partition coefficient (Wildman–Crippen LogP) is 0.973. The monoisotopic (exact) mass is 288 g/mol. The molecule has 0 heterocycles. The number of carbonyl (C=O) groups is 2. The van der Waals surface area contributed by atoms with Crippen molar-refractivity contribution in [1.29, 1.82) is 0 Å². The van der Waals surface area contributed by atoms with E-state index in [2.05, 4.69) is 5.92 Å². The first-order chi connectivity index (χ1) is 9.93. The summed E-state index contributed by atoms with van der Waals surface area (Å²) >= 11 is 0. The number of nitrogens with zero attached hydrogens (tertiary/aromatic N) is 2. The summed E-state index contributed by atoms with van der Waals surface area (Å²) in [6, 6.07) is 7.83. The van der Waals surface area contributed by atoms with Crippen molar-refractivity contribution in [2.45, 2.75) is 13.5 Å². The van der Waals surface area contributed by atoms with Crippen molar-refractivity contribution >= 4 is 11.9 Å². The maximum Gasteiger partial charge on any atom is 0.317 e. The van der Waals surface area contributed by atoms with Crippen LogP contribution in [0.4, 0.5) is 0 Å². The Balaban J connectivity index is 2.63. The molecule has 1 aromatic rings. The Hall–Kier alpha value is -2.32. The van der Waals surface area contributed by atoms with Gasteiger partial charge >= 0.3 is 5.97 Å². The van der Waals surface area contributed by atoms with Crippen LogP contribution in [-0.4, -0.2) is 53.5 Å². The van der Waals surface area contributed by atoms with Gasteiger partial charge in [-0.05, 0) is 18.1 Å². The molecule has 0 aromatic heterocycles. The minimum absolute atomic E-state index is 0.00111. The van der Waals surface area contributed by atoms with E-state index in [9.17, 15) is 9.59 Å². The lowest BCUT2D eigenvalue weighted by Gasteiger charge is -2.23. The lowest BCUT2D eigenvalue weighted by molar-refractivity contribution is -0.139. The molecule has 5 nitrogen and oxygen atoms in total. The summed E-state index contributed by atoms with van der Waals surface area (Å²) in [5.41, 5.74) is 2.18. The maximum atomic E-state index is 12.1. The van der Waals surface area contributed by atoms with E-state index in [4.69, 9.17) is 11.5 Å². The van der Waals surface area contributed by atoms with Gasteiger partial charge in [0.15, 0.2) is 0 Å². The molecule has 0 unspecified atom stereocenters. The molecule has 0 saturated heterocycles. The smallest absolute Gasteiger partial charge is 0.317 e. The van der Waals surface area contributed by atoms with Crippen LogP contribution in [0.5, 0.6) is 0 Å². The highest BCUT2D eigenvalue weighted by molar-refractivity contribution is 5.79. The molecule has 1 aromatic carbocycles. The highest BCUT2D eigenvalue weighted by Gasteiger charge is 2.16. The third kappa shape index (κ3) is 5.67. The van der Waals surface area contributed by atoms with Gasteiger partial charge in [0.2, 0.25) is 5.91 Å². The number of hydrogen-bond acceptors (Lipinski definition) is 3. The first-order valence-corrected chi connectivity index (χ1v) is 6.60. The fourth-order valence-corrected chi connectivity index (χ4v) is 1.93. The van der Waals surface area contributed by atoms with Gasteiger partial charge in [-0.3, -0.25) is 14.5 Å². The highest BCUT2D eigenvalue weighted by Crippen LogP contribution is 2.09. The van der Waals surface area contributed by atoms with Crippen LogP contribution in [0, 0.1) is 19.3 Å². The number of benzene rings is 1. The minimum atomic E-state index is -1.00. The lowest BCUT2D eigenvalue weighted by atomic mass is 10.1. The van der Waals surface area contributed by atoms with E-state index >= 15 is 0 Å². The molecule has 0 bridgehead atoms. The van der Waals surface area contributed by atoms with Crippen molar-refractivity contribution in [2.24, 2.45) is 0 Å². The average molecular weight is 288 g/mol. The van der Waals surface area contributed by atoms with E-state index < -0.39 is 5.97 Å². The average Bonchev–Trinajstić information content (AvgIpc) is 2.40. The third-order valence-corrected chi connectivity index (χ3v) is 3.13. The van der Waals surface area contributed by atoms with Crippen LogP contribution >= 0.6 is 0 Å². The second-order valence-electron chi connectivity index (χ2n) is 4.92. The lowest BCUT2D eigenvalue weighted by Crippen LogP contribution is -2.40. The van der Waals surface area contributed by atoms with Crippen molar-refractivity contribution in [3.05, 3.63) is 35.4 Å². The molecule has 0 aliphatic rings. The molecule has 1 amide bonds. The Kier molecular flexibility index (Phi) is 6.44. The van der Waals surface area contributed by atoms with Crippen LogP contribution in [0.1, 0.15) is 11.1 Å². The number of aliphatic carboxylic acids is 1. The van der Waals surface area contributed by atoms with Crippen molar-refractivity contribution in [1.82, 2.24) is 9.80 Å². The number of likely N-dealkylation sites (N-methyl/N-ethyl adjacent to an activating group) is 1. The van der Waals surface area contributed by atoms with Gasteiger partial charge in [-0.25, -0.2) is 0 Å². The topological polar surface area (TPSA) is 60.9 Å². The summed E-state index contributed by atoms with van der Waals surface area (Å²) in [6.45, 7) is 2.37. The SMILES string of the molecule is C#CCN(CC(=O)O)CC(=O)N(C)Cc1ccccc1C. The summed E-state index contributed by atoms with van der Waals surface area (Å²) in [4.78, 5) is 25.9. The molecule has 0 aliphatic carbocycles. The fourth-order valence-electron chi connectivity index (χ4n) is 1.93. The summed E-state index contributed by atoms with van der Waals surface area (Å²) in [5, 5.41) is 8.80. The van der Waals surface area contributed by atoms with Gasteiger partial charge in [-0.2, -0.15) is 0 Å². The van der Waals surface area contributed by atoms with E-state index in [0.29, 0.717) is 6.54 Å². The van der Waals surface area contributed by atoms with Crippen molar-refractivity contribution < 1.29 is 14.7 Å². The van der Waals surface area contributed by atoms with Crippen LogP contribution in [0.3, 0.4) is 0 Å².